The highest BCUT2D eigenvalue weighted by Gasteiger charge is 2.25. The van der Waals surface area contributed by atoms with Crippen LogP contribution in [-0.4, -0.2) is 51.3 Å². The van der Waals surface area contributed by atoms with Gasteiger partial charge in [0.15, 0.2) is 0 Å². The summed E-state index contributed by atoms with van der Waals surface area (Å²) >= 11 is 0. The van der Waals surface area contributed by atoms with Gasteiger partial charge in [0, 0.05) is 20.2 Å². The van der Waals surface area contributed by atoms with Gasteiger partial charge in [-0.1, -0.05) is 13.8 Å². The maximum atomic E-state index is 4.99. The number of methoxy groups -OCH3 is 1. The molecule has 0 amide bonds. The number of hydrogen-bond donors (Lipinski definition) is 1. The SMILES string of the molecule is COCCNCCCN1CCCC(C)(C)C1. The van der Waals surface area contributed by atoms with Gasteiger partial charge in [-0.15, -0.1) is 0 Å². The van der Waals surface area contributed by atoms with E-state index >= 15 is 0 Å². The number of nitrogens with one attached hydrogen (secondary N) is 1. The Morgan fingerprint density at radius 2 is 2.12 bits per heavy atom. The Hall–Kier alpha value is -0.120. The average Bonchev–Trinajstić information content (AvgIpc) is 2.22. The lowest BCUT2D eigenvalue weighted by molar-refractivity contribution is 0.116. The highest BCUT2D eigenvalue weighted by Crippen LogP contribution is 2.28. The summed E-state index contributed by atoms with van der Waals surface area (Å²) in [7, 11) is 1.75. The quantitative estimate of drug-likeness (QED) is 0.672. The molecule has 16 heavy (non-hydrogen) atoms. The molecular formula is C13H28N2O. The summed E-state index contributed by atoms with van der Waals surface area (Å²) in [6.07, 6.45) is 4.00. The molecule has 1 saturated heterocycles. The van der Waals surface area contributed by atoms with Gasteiger partial charge < -0.3 is 15.0 Å². The lowest BCUT2D eigenvalue weighted by atomic mass is 9.84. The first-order valence-corrected chi connectivity index (χ1v) is 6.56. The van der Waals surface area contributed by atoms with E-state index in [-0.39, 0.29) is 0 Å². The van der Waals surface area contributed by atoms with Crippen molar-refractivity contribution in [3.63, 3.8) is 0 Å². The first-order valence-electron chi connectivity index (χ1n) is 6.56. The van der Waals surface area contributed by atoms with Crippen LogP contribution in [0.1, 0.15) is 33.1 Å². The second kappa shape index (κ2) is 7.25. The lowest BCUT2D eigenvalue weighted by Gasteiger charge is -2.38. The Balaban J connectivity index is 2.00. The van der Waals surface area contributed by atoms with Crippen molar-refractivity contribution >= 4 is 0 Å². The van der Waals surface area contributed by atoms with Gasteiger partial charge in [0.05, 0.1) is 6.61 Å². The molecule has 0 aromatic carbocycles. The normalized spacial score (nSPS) is 21.2. The first kappa shape index (κ1) is 13.9. The predicted octanol–water partition coefficient (Wildman–Crippen LogP) is 1.73. The third-order valence-corrected chi connectivity index (χ3v) is 3.29. The minimum Gasteiger partial charge on any atom is -0.383 e. The van der Waals surface area contributed by atoms with Gasteiger partial charge in [-0.05, 0) is 44.3 Å². The number of ether oxygens (including phenoxy) is 1. The standard InChI is InChI=1S/C13H28N2O/c1-13(2)6-4-9-15(12-13)10-5-7-14-8-11-16-3/h14H,4-12H2,1-3H3. The molecular weight excluding hydrogens is 200 g/mol. The molecule has 0 atom stereocenters. The Bertz CT molecular complexity index is 183. The van der Waals surface area contributed by atoms with E-state index in [0.29, 0.717) is 5.41 Å². The van der Waals surface area contributed by atoms with Crippen molar-refractivity contribution in [1.82, 2.24) is 10.2 Å². The van der Waals surface area contributed by atoms with Crippen molar-refractivity contribution in [2.24, 2.45) is 5.41 Å². The van der Waals surface area contributed by atoms with Crippen LogP contribution in [0, 0.1) is 5.41 Å². The largest absolute Gasteiger partial charge is 0.383 e. The van der Waals surface area contributed by atoms with Crippen molar-refractivity contribution in [3.8, 4) is 0 Å². The van der Waals surface area contributed by atoms with Gasteiger partial charge in [-0.3, -0.25) is 0 Å². The Morgan fingerprint density at radius 1 is 1.31 bits per heavy atom. The van der Waals surface area contributed by atoms with Crippen LogP contribution >= 0.6 is 0 Å². The minimum absolute atomic E-state index is 0.529. The molecule has 0 saturated carbocycles. The highest BCUT2D eigenvalue weighted by molar-refractivity contribution is 4.79. The molecule has 1 aliphatic heterocycles. The summed E-state index contributed by atoms with van der Waals surface area (Å²) in [4.78, 5) is 2.61. The highest BCUT2D eigenvalue weighted by atomic mass is 16.5. The van der Waals surface area contributed by atoms with E-state index in [4.69, 9.17) is 4.74 Å². The summed E-state index contributed by atoms with van der Waals surface area (Å²) in [5.41, 5.74) is 0.529. The number of likely N-dealkylation sites (tertiary alicyclic amines) is 1. The van der Waals surface area contributed by atoms with Gasteiger partial charge in [0.25, 0.3) is 0 Å². The average molecular weight is 228 g/mol. The maximum absolute atomic E-state index is 4.99. The maximum Gasteiger partial charge on any atom is 0.0587 e. The van der Waals surface area contributed by atoms with E-state index in [0.717, 1.165) is 19.7 Å². The zero-order valence-corrected chi connectivity index (χ0v) is 11.2. The fraction of sp³-hybridized carbons (Fsp3) is 1.00. The second-order valence-corrected chi connectivity index (χ2v) is 5.64. The van der Waals surface area contributed by atoms with Crippen LogP contribution in [-0.2, 0) is 4.74 Å². The number of rotatable bonds is 7. The van der Waals surface area contributed by atoms with Gasteiger partial charge in [0.1, 0.15) is 0 Å². The smallest absolute Gasteiger partial charge is 0.0587 e. The molecule has 0 unspecified atom stereocenters. The van der Waals surface area contributed by atoms with Crippen LogP contribution in [0.4, 0.5) is 0 Å². The van der Waals surface area contributed by atoms with Crippen LogP contribution in [0.25, 0.3) is 0 Å². The fourth-order valence-corrected chi connectivity index (χ4v) is 2.46. The van der Waals surface area contributed by atoms with Crippen molar-refractivity contribution in [2.75, 3.05) is 46.4 Å². The lowest BCUT2D eigenvalue weighted by Crippen LogP contribution is -2.41. The molecule has 0 aromatic rings. The summed E-state index contributed by atoms with van der Waals surface area (Å²) in [6.45, 7) is 11.5. The van der Waals surface area contributed by atoms with Gasteiger partial charge in [-0.25, -0.2) is 0 Å². The monoisotopic (exact) mass is 228 g/mol. The summed E-state index contributed by atoms with van der Waals surface area (Å²) in [5.74, 6) is 0. The van der Waals surface area contributed by atoms with Crippen LogP contribution in [0.2, 0.25) is 0 Å². The predicted molar refractivity (Wildman–Crippen MR) is 68.8 cm³/mol. The number of hydrogen-bond acceptors (Lipinski definition) is 3. The van der Waals surface area contributed by atoms with E-state index in [1.165, 1.54) is 38.9 Å². The van der Waals surface area contributed by atoms with Crippen LogP contribution in [0.5, 0.6) is 0 Å². The molecule has 1 heterocycles. The number of nitrogens with zero attached hydrogens (tertiary/aromatic N) is 1. The number of piperidine rings is 1. The van der Waals surface area contributed by atoms with E-state index < -0.39 is 0 Å². The molecule has 1 fully saturated rings. The molecule has 1 aliphatic rings. The molecule has 96 valence electrons. The zero-order valence-electron chi connectivity index (χ0n) is 11.2. The summed E-state index contributed by atoms with van der Waals surface area (Å²) in [5, 5.41) is 3.39. The molecule has 3 nitrogen and oxygen atoms in total. The third kappa shape index (κ3) is 5.83. The van der Waals surface area contributed by atoms with Crippen molar-refractivity contribution in [2.45, 2.75) is 33.1 Å². The summed E-state index contributed by atoms with van der Waals surface area (Å²) in [6, 6.07) is 0. The summed E-state index contributed by atoms with van der Waals surface area (Å²) < 4.78 is 4.99. The molecule has 0 bridgehead atoms. The van der Waals surface area contributed by atoms with Crippen LogP contribution in [0.15, 0.2) is 0 Å². The van der Waals surface area contributed by atoms with Gasteiger partial charge in [0.2, 0.25) is 0 Å². The van der Waals surface area contributed by atoms with Crippen LogP contribution < -0.4 is 5.32 Å². The minimum atomic E-state index is 0.529. The molecule has 0 radical (unpaired) electrons. The van der Waals surface area contributed by atoms with E-state index in [1.807, 2.05) is 0 Å². The molecule has 3 heteroatoms. The van der Waals surface area contributed by atoms with E-state index in [1.54, 1.807) is 7.11 Å². The van der Waals surface area contributed by atoms with Crippen molar-refractivity contribution < 1.29 is 4.74 Å². The van der Waals surface area contributed by atoms with Crippen molar-refractivity contribution in [3.05, 3.63) is 0 Å². The zero-order chi connectivity index (χ0) is 11.9. The molecule has 0 spiro atoms. The molecule has 0 aliphatic carbocycles. The molecule has 1 rings (SSSR count). The second-order valence-electron chi connectivity index (χ2n) is 5.64. The topological polar surface area (TPSA) is 24.5 Å². The van der Waals surface area contributed by atoms with Gasteiger partial charge in [-0.2, -0.15) is 0 Å². The Morgan fingerprint density at radius 3 is 2.81 bits per heavy atom. The molecule has 1 N–H and O–H groups in total. The van der Waals surface area contributed by atoms with E-state index in [2.05, 4.69) is 24.1 Å². The van der Waals surface area contributed by atoms with Gasteiger partial charge >= 0.3 is 0 Å². The Kier molecular flexibility index (Phi) is 6.32. The fourth-order valence-electron chi connectivity index (χ4n) is 2.46. The first-order chi connectivity index (χ1) is 7.64. The third-order valence-electron chi connectivity index (χ3n) is 3.29. The van der Waals surface area contributed by atoms with Crippen LogP contribution in [0.3, 0.4) is 0 Å². The van der Waals surface area contributed by atoms with E-state index in [9.17, 15) is 0 Å². The Labute approximate surface area is 101 Å². The molecule has 0 aromatic heterocycles. The van der Waals surface area contributed by atoms with Crippen molar-refractivity contribution in [1.29, 1.82) is 0 Å².